The molecule has 2 nitrogen and oxygen atoms in total. The van der Waals surface area contributed by atoms with Crippen LogP contribution < -0.4 is 0 Å². The molecule has 8 heteroatoms. The maximum Gasteiger partial charge on any atom is 0.412 e. The van der Waals surface area contributed by atoms with E-state index in [1.807, 2.05) is 0 Å². The van der Waals surface area contributed by atoms with E-state index in [0.29, 0.717) is 4.57 Å². The number of nitrogens with one attached hydrogen (secondary N) is 1. The number of aromatic amines is 1. The predicted octanol–water partition coefficient (Wildman–Crippen LogP) is 4.03. The van der Waals surface area contributed by atoms with Crippen molar-refractivity contribution in [1.82, 2.24) is 9.55 Å². The van der Waals surface area contributed by atoms with E-state index < -0.39 is 28.9 Å². The summed E-state index contributed by atoms with van der Waals surface area (Å²) in [6.45, 7) is 0. The number of hydrogen-bond acceptors (Lipinski definition) is 1. The summed E-state index contributed by atoms with van der Waals surface area (Å²) in [7, 11) is 0. The van der Waals surface area contributed by atoms with Crippen molar-refractivity contribution in [2.24, 2.45) is 0 Å². The Bertz CT molecular complexity index is 723. The lowest BCUT2D eigenvalue weighted by atomic mass is 10.2. The lowest BCUT2D eigenvalue weighted by Crippen LogP contribution is -2.35. The number of alkyl halides is 3. The van der Waals surface area contributed by atoms with Gasteiger partial charge in [0.05, 0.1) is 5.52 Å². The molecule has 1 saturated carbocycles. The molecule has 0 spiro atoms. The maximum absolute atomic E-state index is 13.8. The first-order valence-corrected chi connectivity index (χ1v) is 5.85. The third-order valence-corrected chi connectivity index (χ3v) is 3.70. The average Bonchev–Trinajstić information content (AvgIpc) is 3.03. The number of benzene rings is 1. The highest BCUT2D eigenvalue weighted by Crippen LogP contribution is 2.56. The van der Waals surface area contributed by atoms with E-state index in [-0.39, 0.29) is 23.1 Å². The van der Waals surface area contributed by atoms with Crippen LogP contribution in [0.5, 0.6) is 0 Å². The molecule has 2 aromatic rings. The molecule has 102 valence electrons. The first-order valence-electron chi connectivity index (χ1n) is 5.44. The monoisotopic (exact) mass is 294 g/mol. The third kappa shape index (κ3) is 1.55. The van der Waals surface area contributed by atoms with Crippen molar-refractivity contribution in [2.75, 3.05) is 0 Å². The zero-order valence-corrected chi connectivity index (χ0v) is 10.1. The van der Waals surface area contributed by atoms with Gasteiger partial charge in [-0.3, -0.25) is 4.57 Å². The van der Waals surface area contributed by atoms with Crippen LogP contribution in [0.25, 0.3) is 11.0 Å². The van der Waals surface area contributed by atoms with Gasteiger partial charge in [-0.15, -0.1) is 0 Å². The molecule has 0 atom stereocenters. The van der Waals surface area contributed by atoms with E-state index >= 15 is 0 Å². The molecule has 0 aliphatic heterocycles. The van der Waals surface area contributed by atoms with Gasteiger partial charge in [0.2, 0.25) is 0 Å². The lowest BCUT2D eigenvalue weighted by molar-refractivity contribution is -0.179. The number of imidazole rings is 1. The van der Waals surface area contributed by atoms with Crippen molar-refractivity contribution < 1.29 is 22.0 Å². The van der Waals surface area contributed by atoms with Gasteiger partial charge in [0.25, 0.3) is 0 Å². The minimum Gasteiger partial charge on any atom is -0.330 e. The number of rotatable bonds is 1. The van der Waals surface area contributed by atoms with E-state index in [1.165, 1.54) is 6.07 Å². The summed E-state index contributed by atoms with van der Waals surface area (Å²) in [5.74, 6) is -2.52. The number of aromatic nitrogens is 2. The fourth-order valence-corrected chi connectivity index (χ4v) is 2.67. The van der Waals surface area contributed by atoms with E-state index in [1.54, 1.807) is 0 Å². The first kappa shape index (κ1) is 12.6. The minimum absolute atomic E-state index is 0.0550. The fourth-order valence-electron chi connectivity index (χ4n) is 2.29. The number of nitrogens with zero attached hydrogens (tertiary/aromatic N) is 1. The Labute approximate surface area is 108 Å². The largest absolute Gasteiger partial charge is 0.412 e. The molecule has 0 unspecified atom stereocenters. The van der Waals surface area contributed by atoms with Gasteiger partial charge in [-0.2, -0.15) is 13.2 Å². The molecule has 0 saturated heterocycles. The third-order valence-electron chi connectivity index (χ3n) is 3.42. The van der Waals surface area contributed by atoms with Gasteiger partial charge >= 0.3 is 6.18 Å². The second-order valence-electron chi connectivity index (χ2n) is 4.55. The topological polar surface area (TPSA) is 20.7 Å². The highest BCUT2D eigenvalue weighted by molar-refractivity contribution is 7.71. The van der Waals surface area contributed by atoms with Crippen LogP contribution in [0, 0.1) is 16.4 Å². The van der Waals surface area contributed by atoms with Gasteiger partial charge in [-0.1, -0.05) is 0 Å². The Kier molecular flexibility index (Phi) is 2.36. The number of H-pyrrole nitrogens is 1. The molecule has 0 radical (unpaired) electrons. The fraction of sp³-hybridized carbons (Fsp3) is 0.364. The average molecular weight is 294 g/mol. The predicted molar refractivity (Wildman–Crippen MR) is 60.3 cm³/mol. The highest BCUT2D eigenvalue weighted by atomic mass is 32.1. The van der Waals surface area contributed by atoms with Gasteiger partial charge in [-0.25, -0.2) is 8.78 Å². The van der Waals surface area contributed by atoms with E-state index in [9.17, 15) is 22.0 Å². The molecule has 19 heavy (non-hydrogen) atoms. The molecular formula is C11H7F5N2S. The van der Waals surface area contributed by atoms with Crippen LogP contribution in [0.2, 0.25) is 0 Å². The van der Waals surface area contributed by atoms with Crippen molar-refractivity contribution >= 4 is 23.3 Å². The summed E-state index contributed by atoms with van der Waals surface area (Å²) in [5.41, 5.74) is -2.61. The Morgan fingerprint density at radius 3 is 2.37 bits per heavy atom. The summed E-state index contributed by atoms with van der Waals surface area (Å²) in [6.07, 6.45) is -4.93. The van der Waals surface area contributed by atoms with Crippen LogP contribution in [0.15, 0.2) is 12.1 Å². The highest BCUT2D eigenvalue weighted by Gasteiger charge is 2.65. The molecule has 1 fully saturated rings. The summed E-state index contributed by atoms with van der Waals surface area (Å²) in [6, 6.07) is 2.02. The van der Waals surface area contributed by atoms with Gasteiger partial charge in [-0.05, 0) is 37.2 Å². The van der Waals surface area contributed by atoms with Crippen LogP contribution in [0.4, 0.5) is 22.0 Å². The molecule has 1 aromatic carbocycles. The number of halogens is 5. The quantitative estimate of drug-likeness (QED) is 0.622. The van der Waals surface area contributed by atoms with Crippen molar-refractivity contribution in [3.8, 4) is 0 Å². The van der Waals surface area contributed by atoms with Crippen LogP contribution in [0.3, 0.4) is 0 Å². The molecule has 1 aromatic heterocycles. The summed E-state index contributed by atoms with van der Waals surface area (Å²) in [4.78, 5) is 2.48. The van der Waals surface area contributed by atoms with Crippen LogP contribution in [0.1, 0.15) is 12.8 Å². The van der Waals surface area contributed by atoms with Crippen molar-refractivity contribution in [3.63, 3.8) is 0 Å². The zero-order chi connectivity index (χ0) is 14.0. The Hall–Kier alpha value is -1.44. The van der Waals surface area contributed by atoms with E-state index in [0.717, 1.165) is 6.07 Å². The Morgan fingerprint density at radius 2 is 1.84 bits per heavy atom. The van der Waals surface area contributed by atoms with Crippen molar-refractivity contribution in [1.29, 1.82) is 0 Å². The molecule has 1 heterocycles. The van der Waals surface area contributed by atoms with Crippen molar-refractivity contribution in [2.45, 2.75) is 24.6 Å². The van der Waals surface area contributed by atoms with Gasteiger partial charge < -0.3 is 4.98 Å². The normalized spacial score (nSPS) is 17.9. The smallest absolute Gasteiger partial charge is 0.330 e. The number of fused-ring (bicyclic) bond motifs is 1. The van der Waals surface area contributed by atoms with Gasteiger partial charge in [0, 0.05) is 0 Å². The zero-order valence-electron chi connectivity index (χ0n) is 9.31. The maximum atomic E-state index is 13.8. The standard InChI is InChI=1S/C11H7F5N2S/c12-5-1-2-6-8(7(5)13)18(9(19)17-6)10(3-4-10)11(14,15)16/h1-2H,3-4H2,(H,17,19). The van der Waals surface area contributed by atoms with Crippen molar-refractivity contribution in [3.05, 3.63) is 28.5 Å². The first-order chi connectivity index (χ1) is 8.78. The molecule has 0 bridgehead atoms. The Balaban J connectivity index is 2.40. The molecule has 3 rings (SSSR count). The van der Waals surface area contributed by atoms with Crippen LogP contribution >= 0.6 is 12.2 Å². The molecular weight excluding hydrogens is 287 g/mol. The second-order valence-corrected chi connectivity index (χ2v) is 4.94. The van der Waals surface area contributed by atoms with Crippen LogP contribution in [-0.2, 0) is 5.54 Å². The summed E-state index contributed by atoms with van der Waals surface area (Å²) >= 11 is 4.83. The van der Waals surface area contributed by atoms with Crippen LogP contribution in [-0.4, -0.2) is 15.7 Å². The summed E-state index contributed by atoms with van der Waals surface area (Å²) in [5, 5.41) is 0. The van der Waals surface area contributed by atoms with Gasteiger partial charge in [0.1, 0.15) is 11.1 Å². The van der Waals surface area contributed by atoms with E-state index in [2.05, 4.69) is 4.98 Å². The summed E-state index contributed by atoms with van der Waals surface area (Å²) < 4.78 is 66.7. The molecule has 1 aliphatic carbocycles. The van der Waals surface area contributed by atoms with E-state index in [4.69, 9.17) is 12.2 Å². The van der Waals surface area contributed by atoms with Gasteiger partial charge in [0.15, 0.2) is 16.4 Å². The Morgan fingerprint density at radius 1 is 1.21 bits per heavy atom. The molecule has 1 N–H and O–H groups in total. The lowest BCUT2D eigenvalue weighted by Gasteiger charge is -2.21. The second kappa shape index (κ2) is 3.56. The number of hydrogen-bond donors (Lipinski definition) is 1. The SMILES string of the molecule is Fc1ccc2[nH]c(=S)n(C3(C(F)(F)F)CC3)c2c1F. The molecule has 1 aliphatic rings. The minimum atomic E-state index is -4.56. The molecule has 0 amide bonds.